The molecule has 3 rings (SSSR count). The van der Waals surface area contributed by atoms with Gasteiger partial charge in [0.15, 0.2) is 0 Å². The summed E-state index contributed by atoms with van der Waals surface area (Å²) in [5.41, 5.74) is 2.01. The average molecular weight is 268 g/mol. The van der Waals surface area contributed by atoms with Gasteiger partial charge in [0.2, 0.25) is 0 Å². The van der Waals surface area contributed by atoms with E-state index >= 15 is 0 Å². The number of pyridine rings is 1. The maximum atomic E-state index is 6.06. The van der Waals surface area contributed by atoms with E-state index in [2.05, 4.69) is 43.2 Å². The molecule has 1 aliphatic heterocycles. The molecule has 0 saturated carbocycles. The molecule has 20 heavy (non-hydrogen) atoms. The Kier molecular flexibility index (Phi) is 3.22. The Bertz CT molecular complexity index is 595. The summed E-state index contributed by atoms with van der Waals surface area (Å²) >= 11 is 0. The first-order chi connectivity index (χ1) is 9.58. The normalized spacial score (nSPS) is 21.1. The molecule has 1 aliphatic rings. The molecule has 104 valence electrons. The van der Waals surface area contributed by atoms with Crippen molar-refractivity contribution in [3.05, 3.63) is 59.9 Å². The van der Waals surface area contributed by atoms with E-state index in [-0.39, 0.29) is 17.7 Å². The Morgan fingerprint density at radius 3 is 2.65 bits per heavy atom. The SMILES string of the molecule is C[C@H](NC1c2ccccc2OC1(C)C)c1ccccn1. The molecule has 1 unspecified atom stereocenters. The molecule has 0 saturated heterocycles. The molecule has 2 aromatic rings. The summed E-state index contributed by atoms with van der Waals surface area (Å²) in [6.45, 7) is 6.38. The Labute approximate surface area is 120 Å². The number of hydrogen-bond acceptors (Lipinski definition) is 3. The van der Waals surface area contributed by atoms with Crippen molar-refractivity contribution in [2.75, 3.05) is 0 Å². The van der Waals surface area contributed by atoms with Gasteiger partial charge in [-0.3, -0.25) is 10.3 Å². The van der Waals surface area contributed by atoms with Crippen LogP contribution in [0.25, 0.3) is 0 Å². The van der Waals surface area contributed by atoms with Crippen LogP contribution in [0.5, 0.6) is 5.75 Å². The van der Waals surface area contributed by atoms with E-state index in [1.54, 1.807) is 0 Å². The van der Waals surface area contributed by atoms with Gasteiger partial charge >= 0.3 is 0 Å². The minimum absolute atomic E-state index is 0.163. The predicted molar refractivity (Wildman–Crippen MR) is 79.7 cm³/mol. The van der Waals surface area contributed by atoms with Crippen molar-refractivity contribution in [2.24, 2.45) is 0 Å². The molecular formula is C17H20N2O. The van der Waals surface area contributed by atoms with Crippen LogP contribution >= 0.6 is 0 Å². The van der Waals surface area contributed by atoms with Gasteiger partial charge in [-0.1, -0.05) is 24.3 Å². The van der Waals surface area contributed by atoms with E-state index in [1.807, 2.05) is 36.5 Å². The molecule has 1 aromatic heterocycles. The van der Waals surface area contributed by atoms with Crippen LogP contribution in [0, 0.1) is 0 Å². The molecule has 0 amide bonds. The van der Waals surface area contributed by atoms with Gasteiger partial charge < -0.3 is 4.74 Å². The minimum atomic E-state index is -0.257. The lowest BCUT2D eigenvalue weighted by Crippen LogP contribution is -2.40. The molecule has 0 bridgehead atoms. The highest BCUT2D eigenvalue weighted by atomic mass is 16.5. The van der Waals surface area contributed by atoms with Crippen molar-refractivity contribution in [1.82, 2.24) is 10.3 Å². The van der Waals surface area contributed by atoms with Crippen molar-refractivity contribution < 1.29 is 4.74 Å². The number of ether oxygens (including phenoxy) is 1. The van der Waals surface area contributed by atoms with E-state index < -0.39 is 0 Å². The number of para-hydroxylation sites is 1. The minimum Gasteiger partial charge on any atom is -0.486 e. The van der Waals surface area contributed by atoms with E-state index in [0.717, 1.165) is 11.4 Å². The zero-order chi connectivity index (χ0) is 14.2. The molecule has 0 radical (unpaired) electrons. The first-order valence-electron chi connectivity index (χ1n) is 7.03. The molecule has 3 nitrogen and oxygen atoms in total. The Morgan fingerprint density at radius 1 is 1.15 bits per heavy atom. The largest absolute Gasteiger partial charge is 0.486 e. The predicted octanol–water partition coefficient (Wildman–Crippen LogP) is 3.64. The zero-order valence-electron chi connectivity index (χ0n) is 12.1. The topological polar surface area (TPSA) is 34.1 Å². The summed E-state index contributed by atoms with van der Waals surface area (Å²) in [4.78, 5) is 4.42. The highest BCUT2D eigenvalue weighted by Crippen LogP contribution is 2.43. The molecule has 0 spiro atoms. The standard InChI is InChI=1S/C17H20N2O/c1-12(14-9-6-7-11-18-14)19-16-13-8-4-5-10-15(13)20-17(16,2)3/h4-12,16,19H,1-3H3/t12-,16?/m0/s1. The highest BCUT2D eigenvalue weighted by Gasteiger charge is 2.41. The van der Waals surface area contributed by atoms with Crippen LogP contribution in [0.15, 0.2) is 48.7 Å². The molecule has 1 aromatic carbocycles. The summed E-state index contributed by atoms with van der Waals surface area (Å²) in [5.74, 6) is 0.975. The summed E-state index contributed by atoms with van der Waals surface area (Å²) in [7, 11) is 0. The number of aromatic nitrogens is 1. The second-order valence-electron chi connectivity index (χ2n) is 5.82. The third kappa shape index (κ3) is 2.29. The fourth-order valence-corrected chi connectivity index (χ4v) is 2.79. The summed E-state index contributed by atoms with van der Waals surface area (Å²) in [6, 6.07) is 14.6. The van der Waals surface area contributed by atoms with Crippen molar-refractivity contribution in [1.29, 1.82) is 0 Å². The van der Waals surface area contributed by atoms with Crippen LogP contribution in [0.4, 0.5) is 0 Å². The van der Waals surface area contributed by atoms with Crippen LogP contribution in [0.3, 0.4) is 0 Å². The van der Waals surface area contributed by atoms with Gasteiger partial charge in [-0.2, -0.15) is 0 Å². The van der Waals surface area contributed by atoms with E-state index in [9.17, 15) is 0 Å². The second kappa shape index (κ2) is 4.91. The van der Waals surface area contributed by atoms with Gasteiger partial charge in [-0.05, 0) is 39.0 Å². The Morgan fingerprint density at radius 2 is 1.90 bits per heavy atom. The number of rotatable bonds is 3. The lowest BCUT2D eigenvalue weighted by Gasteiger charge is -2.29. The molecule has 0 aliphatic carbocycles. The van der Waals surface area contributed by atoms with E-state index in [1.165, 1.54) is 5.56 Å². The lowest BCUT2D eigenvalue weighted by molar-refractivity contribution is 0.0917. The number of hydrogen-bond donors (Lipinski definition) is 1. The van der Waals surface area contributed by atoms with Crippen LogP contribution in [-0.2, 0) is 0 Å². The molecular weight excluding hydrogens is 248 g/mol. The Balaban J connectivity index is 1.86. The Hall–Kier alpha value is -1.87. The molecule has 0 fully saturated rings. The number of nitrogens with zero attached hydrogens (tertiary/aromatic N) is 1. The number of nitrogens with one attached hydrogen (secondary N) is 1. The van der Waals surface area contributed by atoms with Crippen molar-refractivity contribution >= 4 is 0 Å². The van der Waals surface area contributed by atoms with Crippen LogP contribution in [-0.4, -0.2) is 10.6 Å². The van der Waals surface area contributed by atoms with E-state index in [0.29, 0.717) is 0 Å². The van der Waals surface area contributed by atoms with E-state index in [4.69, 9.17) is 4.74 Å². The van der Waals surface area contributed by atoms with Gasteiger partial charge in [-0.25, -0.2) is 0 Å². The van der Waals surface area contributed by atoms with Crippen LogP contribution in [0.2, 0.25) is 0 Å². The third-order valence-corrected chi connectivity index (χ3v) is 3.85. The van der Waals surface area contributed by atoms with Gasteiger partial charge in [0.25, 0.3) is 0 Å². The highest BCUT2D eigenvalue weighted by molar-refractivity contribution is 5.42. The van der Waals surface area contributed by atoms with Crippen molar-refractivity contribution in [3.8, 4) is 5.75 Å². The first-order valence-corrected chi connectivity index (χ1v) is 7.03. The fourth-order valence-electron chi connectivity index (χ4n) is 2.79. The maximum Gasteiger partial charge on any atom is 0.125 e. The molecule has 3 heteroatoms. The number of fused-ring (bicyclic) bond motifs is 1. The second-order valence-corrected chi connectivity index (χ2v) is 5.82. The smallest absolute Gasteiger partial charge is 0.125 e. The average Bonchev–Trinajstić information content (AvgIpc) is 2.70. The summed E-state index contributed by atoms with van der Waals surface area (Å²) in [5, 5.41) is 3.65. The van der Waals surface area contributed by atoms with Crippen LogP contribution < -0.4 is 10.1 Å². The third-order valence-electron chi connectivity index (χ3n) is 3.85. The quantitative estimate of drug-likeness (QED) is 0.922. The molecule has 2 heterocycles. The first kappa shape index (κ1) is 13.1. The molecule has 1 N–H and O–H groups in total. The fraction of sp³-hybridized carbons (Fsp3) is 0.353. The lowest BCUT2D eigenvalue weighted by atomic mass is 9.93. The monoisotopic (exact) mass is 268 g/mol. The maximum absolute atomic E-state index is 6.06. The van der Waals surface area contributed by atoms with Gasteiger partial charge in [0.1, 0.15) is 11.4 Å². The van der Waals surface area contributed by atoms with Crippen molar-refractivity contribution in [2.45, 2.75) is 38.5 Å². The number of benzene rings is 1. The van der Waals surface area contributed by atoms with Gasteiger partial charge in [0.05, 0.1) is 11.7 Å². The van der Waals surface area contributed by atoms with Gasteiger partial charge in [0, 0.05) is 17.8 Å². The van der Waals surface area contributed by atoms with Gasteiger partial charge in [-0.15, -0.1) is 0 Å². The summed E-state index contributed by atoms with van der Waals surface area (Å²) in [6.07, 6.45) is 1.83. The van der Waals surface area contributed by atoms with Crippen LogP contribution in [0.1, 0.15) is 44.1 Å². The molecule has 2 atom stereocenters. The summed E-state index contributed by atoms with van der Waals surface area (Å²) < 4.78 is 6.06. The van der Waals surface area contributed by atoms with Crippen molar-refractivity contribution in [3.63, 3.8) is 0 Å². The zero-order valence-corrected chi connectivity index (χ0v) is 12.1.